The molecule has 1 amide bonds. The van der Waals surface area contributed by atoms with E-state index in [0.717, 1.165) is 11.5 Å². The number of benzene rings is 2. The SMILES string of the molecule is Cc1nnc(SCc2ccccc2)n1NC(=S)NC(=O)c1ccc(OCC(C)C)cc1. The van der Waals surface area contributed by atoms with E-state index < -0.39 is 0 Å². The van der Waals surface area contributed by atoms with Gasteiger partial charge in [-0.15, -0.1) is 10.2 Å². The van der Waals surface area contributed by atoms with Gasteiger partial charge in [0.2, 0.25) is 5.16 Å². The lowest BCUT2D eigenvalue weighted by molar-refractivity contribution is 0.0977. The van der Waals surface area contributed by atoms with Crippen LogP contribution in [0.4, 0.5) is 0 Å². The molecule has 0 unspecified atom stereocenters. The Morgan fingerprint density at radius 3 is 2.52 bits per heavy atom. The zero-order valence-corrected chi connectivity index (χ0v) is 19.3. The van der Waals surface area contributed by atoms with E-state index in [2.05, 4.69) is 46.9 Å². The Labute approximate surface area is 191 Å². The quantitative estimate of drug-likeness (QED) is 0.390. The standard InChI is InChI=1S/C22H25N5O2S2/c1-15(2)13-29-19-11-9-18(10-12-19)20(28)23-21(30)26-27-16(3)24-25-22(27)31-14-17-7-5-4-6-8-17/h4-12,15H,13-14H2,1-3H3,(H2,23,26,28,30). The minimum absolute atomic E-state index is 0.162. The Morgan fingerprint density at radius 1 is 1.13 bits per heavy atom. The second-order valence-electron chi connectivity index (χ2n) is 7.26. The molecule has 0 fully saturated rings. The van der Waals surface area contributed by atoms with Crippen molar-refractivity contribution in [2.45, 2.75) is 31.7 Å². The van der Waals surface area contributed by atoms with E-state index in [-0.39, 0.29) is 11.0 Å². The van der Waals surface area contributed by atoms with Crippen LogP contribution in [0, 0.1) is 12.8 Å². The van der Waals surface area contributed by atoms with Crippen molar-refractivity contribution >= 4 is 35.0 Å². The van der Waals surface area contributed by atoms with Crippen LogP contribution >= 0.6 is 24.0 Å². The summed E-state index contributed by atoms with van der Waals surface area (Å²) >= 11 is 6.84. The highest BCUT2D eigenvalue weighted by molar-refractivity contribution is 7.98. The van der Waals surface area contributed by atoms with Crippen LogP contribution in [-0.2, 0) is 5.75 Å². The summed E-state index contributed by atoms with van der Waals surface area (Å²) in [5.74, 6) is 2.23. The number of hydrogen-bond donors (Lipinski definition) is 2. The summed E-state index contributed by atoms with van der Waals surface area (Å²) in [7, 11) is 0. The number of thioether (sulfide) groups is 1. The number of rotatable bonds is 8. The number of carbonyl (C=O) groups is 1. The van der Waals surface area contributed by atoms with Crippen LogP contribution < -0.4 is 15.5 Å². The minimum atomic E-state index is -0.308. The third-order valence-corrected chi connectivity index (χ3v) is 5.34. The molecule has 0 radical (unpaired) electrons. The highest BCUT2D eigenvalue weighted by atomic mass is 32.2. The van der Waals surface area contributed by atoms with Crippen molar-refractivity contribution in [2.75, 3.05) is 12.0 Å². The third-order valence-electron chi connectivity index (χ3n) is 4.15. The molecule has 0 atom stereocenters. The van der Waals surface area contributed by atoms with Crippen molar-refractivity contribution in [1.82, 2.24) is 20.2 Å². The fraction of sp³-hybridized carbons (Fsp3) is 0.273. The number of carbonyl (C=O) groups excluding carboxylic acids is 1. The average molecular weight is 456 g/mol. The Balaban J connectivity index is 1.56. The molecule has 1 aromatic heterocycles. The molecule has 0 bridgehead atoms. The van der Waals surface area contributed by atoms with Gasteiger partial charge in [0.05, 0.1) is 6.61 Å². The first kappa shape index (κ1) is 22.8. The molecule has 3 rings (SSSR count). The zero-order chi connectivity index (χ0) is 22.2. The lowest BCUT2D eigenvalue weighted by atomic mass is 10.2. The smallest absolute Gasteiger partial charge is 0.257 e. The maximum Gasteiger partial charge on any atom is 0.257 e. The van der Waals surface area contributed by atoms with Crippen molar-refractivity contribution < 1.29 is 9.53 Å². The molecule has 0 saturated heterocycles. The summed E-state index contributed by atoms with van der Waals surface area (Å²) < 4.78 is 7.31. The van der Waals surface area contributed by atoms with E-state index in [1.54, 1.807) is 28.9 Å². The number of thiocarbonyl (C=S) groups is 1. The number of nitrogens with zero attached hydrogens (tertiary/aromatic N) is 3. The van der Waals surface area contributed by atoms with Crippen molar-refractivity contribution in [3.8, 4) is 5.75 Å². The number of aryl methyl sites for hydroxylation is 1. The molecule has 0 spiro atoms. The van der Waals surface area contributed by atoms with Crippen molar-refractivity contribution in [3.63, 3.8) is 0 Å². The van der Waals surface area contributed by atoms with E-state index in [4.69, 9.17) is 17.0 Å². The second kappa shape index (κ2) is 10.9. The van der Waals surface area contributed by atoms with Crippen LogP contribution in [0.5, 0.6) is 5.75 Å². The summed E-state index contributed by atoms with van der Waals surface area (Å²) in [5.41, 5.74) is 4.65. The van der Waals surface area contributed by atoms with Crippen LogP contribution in [0.1, 0.15) is 35.6 Å². The van der Waals surface area contributed by atoms with Gasteiger partial charge in [0, 0.05) is 11.3 Å². The van der Waals surface area contributed by atoms with E-state index in [1.165, 1.54) is 17.3 Å². The van der Waals surface area contributed by atoms with Gasteiger partial charge in [-0.2, -0.15) is 0 Å². The van der Waals surface area contributed by atoms with Gasteiger partial charge in [-0.3, -0.25) is 15.5 Å². The molecule has 31 heavy (non-hydrogen) atoms. The average Bonchev–Trinajstić information content (AvgIpc) is 3.11. The molecule has 9 heteroatoms. The highest BCUT2D eigenvalue weighted by Crippen LogP contribution is 2.20. The first-order valence-corrected chi connectivity index (χ1v) is 11.3. The van der Waals surface area contributed by atoms with E-state index in [0.29, 0.717) is 29.1 Å². The molecule has 0 aliphatic carbocycles. The third kappa shape index (κ3) is 6.80. The summed E-state index contributed by atoms with van der Waals surface area (Å²) in [6.07, 6.45) is 0. The van der Waals surface area contributed by atoms with Crippen LogP contribution in [0.2, 0.25) is 0 Å². The Bertz CT molecular complexity index is 1020. The zero-order valence-electron chi connectivity index (χ0n) is 17.7. The van der Waals surface area contributed by atoms with Crippen LogP contribution in [0.25, 0.3) is 0 Å². The van der Waals surface area contributed by atoms with Crippen LogP contribution in [-0.4, -0.2) is 32.5 Å². The molecule has 0 aliphatic heterocycles. The molecular formula is C22H25N5O2S2. The maximum absolute atomic E-state index is 12.5. The lowest BCUT2D eigenvalue weighted by Gasteiger charge is -2.13. The van der Waals surface area contributed by atoms with Crippen molar-refractivity contribution in [3.05, 3.63) is 71.5 Å². The number of hydrogen-bond acceptors (Lipinski definition) is 6. The van der Waals surface area contributed by atoms with Crippen molar-refractivity contribution in [1.29, 1.82) is 0 Å². The highest BCUT2D eigenvalue weighted by Gasteiger charge is 2.13. The Hall–Kier alpha value is -2.91. The van der Waals surface area contributed by atoms with E-state index in [9.17, 15) is 4.79 Å². The Morgan fingerprint density at radius 2 is 1.84 bits per heavy atom. The van der Waals surface area contributed by atoms with Gasteiger partial charge in [0.1, 0.15) is 11.6 Å². The first-order valence-electron chi connectivity index (χ1n) is 9.86. The molecule has 162 valence electrons. The monoisotopic (exact) mass is 455 g/mol. The maximum atomic E-state index is 12.5. The number of ether oxygens (including phenoxy) is 1. The molecule has 3 aromatic rings. The second-order valence-corrected chi connectivity index (χ2v) is 8.61. The van der Waals surface area contributed by atoms with Crippen LogP contribution in [0.3, 0.4) is 0 Å². The molecule has 0 saturated carbocycles. The normalized spacial score (nSPS) is 10.7. The summed E-state index contributed by atoms with van der Waals surface area (Å²) in [4.78, 5) is 12.5. The van der Waals surface area contributed by atoms with E-state index >= 15 is 0 Å². The van der Waals surface area contributed by atoms with E-state index in [1.807, 2.05) is 25.1 Å². The fourth-order valence-corrected chi connectivity index (χ4v) is 3.64. The molecular weight excluding hydrogens is 430 g/mol. The van der Waals surface area contributed by atoms with Gasteiger partial charge in [0.25, 0.3) is 5.91 Å². The van der Waals surface area contributed by atoms with Gasteiger partial charge in [-0.05, 0) is 54.9 Å². The van der Waals surface area contributed by atoms with Gasteiger partial charge in [-0.1, -0.05) is 55.9 Å². The first-order chi connectivity index (χ1) is 14.9. The molecule has 2 aromatic carbocycles. The molecule has 1 heterocycles. The van der Waals surface area contributed by atoms with Crippen LogP contribution in [0.15, 0.2) is 59.8 Å². The van der Waals surface area contributed by atoms with Gasteiger partial charge < -0.3 is 4.74 Å². The fourth-order valence-electron chi connectivity index (χ4n) is 2.56. The predicted molar refractivity (Wildman–Crippen MR) is 127 cm³/mol. The van der Waals surface area contributed by atoms with Gasteiger partial charge in [0.15, 0.2) is 5.11 Å². The minimum Gasteiger partial charge on any atom is -0.493 e. The topological polar surface area (TPSA) is 81.1 Å². The van der Waals surface area contributed by atoms with Gasteiger partial charge in [-0.25, -0.2) is 4.68 Å². The molecule has 7 nitrogen and oxygen atoms in total. The summed E-state index contributed by atoms with van der Waals surface area (Å²) in [5, 5.41) is 11.8. The number of amides is 1. The lowest BCUT2D eigenvalue weighted by Crippen LogP contribution is -2.38. The molecule has 2 N–H and O–H groups in total. The molecule has 0 aliphatic rings. The van der Waals surface area contributed by atoms with Crippen molar-refractivity contribution in [2.24, 2.45) is 5.92 Å². The predicted octanol–water partition coefficient (Wildman–Crippen LogP) is 4.17. The summed E-state index contributed by atoms with van der Waals surface area (Å²) in [6.45, 7) is 6.60. The van der Waals surface area contributed by atoms with Gasteiger partial charge >= 0.3 is 0 Å². The number of aromatic nitrogens is 3. The number of nitrogens with one attached hydrogen (secondary N) is 2. The Kier molecular flexibility index (Phi) is 8.02. The summed E-state index contributed by atoms with van der Waals surface area (Å²) in [6, 6.07) is 17.0. The largest absolute Gasteiger partial charge is 0.493 e.